The molecule has 2 heterocycles. The van der Waals surface area contributed by atoms with Crippen LogP contribution in [0.15, 0.2) is 11.2 Å². The van der Waals surface area contributed by atoms with E-state index >= 15 is 0 Å². The number of aromatic amines is 1. The third kappa shape index (κ3) is 2.30. The van der Waals surface area contributed by atoms with E-state index in [1.54, 1.807) is 11.2 Å². The van der Waals surface area contributed by atoms with Gasteiger partial charge < -0.3 is 9.72 Å². The van der Waals surface area contributed by atoms with Crippen molar-refractivity contribution in [2.24, 2.45) is 0 Å². The van der Waals surface area contributed by atoms with Gasteiger partial charge >= 0.3 is 0 Å². The highest BCUT2D eigenvalue weighted by Gasteiger charge is 2.41. The summed E-state index contributed by atoms with van der Waals surface area (Å²) in [6.07, 6.45) is 5.49. The summed E-state index contributed by atoms with van der Waals surface area (Å²) in [6, 6.07) is -0.0175. The van der Waals surface area contributed by atoms with Crippen molar-refractivity contribution in [2.45, 2.75) is 49.8 Å². The van der Waals surface area contributed by atoms with E-state index in [0.717, 1.165) is 25.7 Å². The Kier molecular flexibility index (Phi) is 3.36. The molecule has 106 valence electrons. The molecule has 1 aliphatic heterocycles. The summed E-state index contributed by atoms with van der Waals surface area (Å²) in [5.41, 5.74) is 0. The quantitative estimate of drug-likeness (QED) is 0.881. The molecule has 6 nitrogen and oxygen atoms in total. The van der Waals surface area contributed by atoms with Gasteiger partial charge in [0.25, 0.3) is 10.0 Å². The van der Waals surface area contributed by atoms with Gasteiger partial charge in [-0.1, -0.05) is 12.8 Å². The molecule has 0 unspecified atom stereocenters. The molecule has 1 aliphatic carbocycles. The van der Waals surface area contributed by atoms with Gasteiger partial charge in [-0.15, -0.1) is 0 Å². The number of rotatable bonds is 2. The average molecular weight is 285 g/mol. The fourth-order valence-corrected chi connectivity index (χ4v) is 4.64. The molecule has 0 radical (unpaired) electrons. The maximum Gasteiger partial charge on any atom is 0.260 e. The molecule has 0 spiro atoms. The van der Waals surface area contributed by atoms with Gasteiger partial charge in [0, 0.05) is 6.54 Å². The largest absolute Gasteiger partial charge is 0.375 e. The second-order valence-electron chi connectivity index (χ2n) is 5.21. The van der Waals surface area contributed by atoms with Gasteiger partial charge in [0.1, 0.15) is 5.82 Å². The fourth-order valence-electron chi connectivity index (χ4n) is 3.02. The third-order valence-electron chi connectivity index (χ3n) is 3.95. The van der Waals surface area contributed by atoms with Crippen LogP contribution >= 0.6 is 0 Å². The number of hydrogen-bond donors (Lipinski definition) is 1. The summed E-state index contributed by atoms with van der Waals surface area (Å²) in [7, 11) is -3.48. The first-order chi connectivity index (χ1) is 9.09. The van der Waals surface area contributed by atoms with Gasteiger partial charge in [0.05, 0.1) is 24.9 Å². The topological polar surface area (TPSA) is 75.3 Å². The minimum Gasteiger partial charge on any atom is -0.375 e. The molecule has 0 amide bonds. The van der Waals surface area contributed by atoms with Gasteiger partial charge in [-0.25, -0.2) is 13.4 Å². The van der Waals surface area contributed by atoms with Gasteiger partial charge in [-0.05, 0) is 19.8 Å². The lowest BCUT2D eigenvalue weighted by Crippen LogP contribution is -2.54. The number of imidazole rings is 1. The van der Waals surface area contributed by atoms with Crippen LogP contribution in [-0.4, -0.2) is 48.0 Å². The first-order valence-electron chi connectivity index (χ1n) is 6.74. The van der Waals surface area contributed by atoms with Crippen LogP contribution in [0.5, 0.6) is 0 Å². The maximum atomic E-state index is 12.7. The predicted octanol–water partition coefficient (Wildman–Crippen LogP) is 1.05. The zero-order valence-electron chi connectivity index (χ0n) is 11.0. The molecule has 2 atom stereocenters. The van der Waals surface area contributed by atoms with E-state index in [0.29, 0.717) is 19.0 Å². The number of H-pyrrole nitrogens is 1. The Morgan fingerprint density at radius 1 is 1.42 bits per heavy atom. The Balaban J connectivity index is 1.91. The number of aryl methyl sites for hydroxylation is 1. The molecule has 3 rings (SSSR count). The van der Waals surface area contributed by atoms with E-state index in [1.165, 1.54) is 6.20 Å². The van der Waals surface area contributed by atoms with Gasteiger partial charge in [0.15, 0.2) is 5.03 Å². The number of sulfonamides is 1. The lowest BCUT2D eigenvalue weighted by Gasteiger charge is -2.42. The van der Waals surface area contributed by atoms with Gasteiger partial charge in [-0.3, -0.25) is 0 Å². The Hall–Kier alpha value is -0.920. The van der Waals surface area contributed by atoms with Crippen molar-refractivity contribution in [1.29, 1.82) is 0 Å². The summed E-state index contributed by atoms with van der Waals surface area (Å²) in [5.74, 6) is 0.618. The number of aromatic nitrogens is 2. The summed E-state index contributed by atoms with van der Waals surface area (Å²) >= 11 is 0. The number of hydrogen-bond acceptors (Lipinski definition) is 4. The minimum absolute atomic E-state index is 0.0175. The predicted molar refractivity (Wildman–Crippen MR) is 69.2 cm³/mol. The van der Waals surface area contributed by atoms with E-state index in [9.17, 15) is 8.42 Å². The van der Waals surface area contributed by atoms with Crippen molar-refractivity contribution < 1.29 is 13.2 Å². The Bertz CT molecular complexity index is 552. The zero-order chi connectivity index (χ0) is 13.5. The molecule has 0 aromatic carbocycles. The smallest absolute Gasteiger partial charge is 0.260 e. The first kappa shape index (κ1) is 13.1. The lowest BCUT2D eigenvalue weighted by atomic mass is 9.91. The van der Waals surface area contributed by atoms with E-state index in [1.807, 2.05) is 0 Å². The number of ether oxygens (including phenoxy) is 1. The van der Waals surface area contributed by atoms with Crippen LogP contribution < -0.4 is 0 Å². The summed E-state index contributed by atoms with van der Waals surface area (Å²) in [4.78, 5) is 6.82. The minimum atomic E-state index is -3.48. The molecule has 1 aromatic heterocycles. The van der Waals surface area contributed by atoms with Crippen LogP contribution in [0.3, 0.4) is 0 Å². The molecule has 19 heavy (non-hydrogen) atoms. The normalized spacial score (nSPS) is 29.1. The van der Waals surface area contributed by atoms with Gasteiger partial charge in [-0.2, -0.15) is 4.31 Å². The number of nitrogens with one attached hydrogen (secondary N) is 1. The Morgan fingerprint density at radius 3 is 2.95 bits per heavy atom. The summed E-state index contributed by atoms with van der Waals surface area (Å²) in [6.45, 7) is 2.66. The van der Waals surface area contributed by atoms with E-state index < -0.39 is 10.0 Å². The van der Waals surface area contributed by atoms with Crippen molar-refractivity contribution in [3.63, 3.8) is 0 Å². The van der Waals surface area contributed by atoms with Crippen molar-refractivity contribution in [3.05, 3.63) is 12.0 Å². The van der Waals surface area contributed by atoms with Crippen LogP contribution in [0.4, 0.5) is 0 Å². The van der Waals surface area contributed by atoms with E-state index in [4.69, 9.17) is 4.74 Å². The summed E-state index contributed by atoms with van der Waals surface area (Å²) in [5, 5.41) is 0.191. The van der Waals surface area contributed by atoms with Crippen LogP contribution in [0.1, 0.15) is 31.5 Å². The molecule has 2 aliphatic rings. The van der Waals surface area contributed by atoms with Crippen molar-refractivity contribution in [2.75, 3.05) is 13.2 Å². The van der Waals surface area contributed by atoms with Crippen LogP contribution in [0, 0.1) is 6.92 Å². The molecule has 2 fully saturated rings. The molecule has 0 bridgehead atoms. The molecule has 7 heteroatoms. The molecule has 1 aromatic rings. The van der Waals surface area contributed by atoms with E-state index in [2.05, 4.69) is 9.97 Å². The maximum absolute atomic E-state index is 12.7. The highest BCUT2D eigenvalue weighted by molar-refractivity contribution is 7.89. The van der Waals surface area contributed by atoms with Crippen molar-refractivity contribution >= 4 is 10.0 Å². The highest BCUT2D eigenvalue weighted by Crippen LogP contribution is 2.31. The lowest BCUT2D eigenvalue weighted by molar-refractivity contribution is -0.0586. The molecular formula is C12H19N3O3S. The standard InChI is InChI=1S/C12H19N3O3S/c1-9-13-8-12(14-9)19(16,17)15-6-7-18-11-5-3-2-4-10(11)15/h8,10-11H,2-7H2,1H3,(H,13,14)/t10-,11-/m0/s1. The monoisotopic (exact) mass is 285 g/mol. The zero-order valence-corrected chi connectivity index (χ0v) is 11.8. The van der Waals surface area contributed by atoms with Crippen LogP contribution in [-0.2, 0) is 14.8 Å². The second-order valence-corrected chi connectivity index (χ2v) is 7.07. The van der Waals surface area contributed by atoms with E-state index in [-0.39, 0.29) is 17.2 Å². The third-order valence-corrected chi connectivity index (χ3v) is 5.78. The van der Waals surface area contributed by atoms with Crippen molar-refractivity contribution in [3.8, 4) is 0 Å². The Morgan fingerprint density at radius 2 is 2.21 bits per heavy atom. The van der Waals surface area contributed by atoms with Crippen LogP contribution in [0.25, 0.3) is 0 Å². The van der Waals surface area contributed by atoms with Crippen molar-refractivity contribution in [1.82, 2.24) is 14.3 Å². The second kappa shape index (κ2) is 4.88. The molecule has 1 N–H and O–H groups in total. The highest BCUT2D eigenvalue weighted by atomic mass is 32.2. The fraction of sp³-hybridized carbons (Fsp3) is 0.750. The van der Waals surface area contributed by atoms with Crippen LogP contribution in [0.2, 0.25) is 0 Å². The molecular weight excluding hydrogens is 266 g/mol. The summed E-state index contributed by atoms with van der Waals surface area (Å²) < 4.78 is 32.6. The SMILES string of the molecule is Cc1ncc(S(=O)(=O)N2CCO[C@H]3CCCC[C@@H]32)[nH]1. The Labute approximate surface area is 113 Å². The number of nitrogens with zero attached hydrogens (tertiary/aromatic N) is 2. The first-order valence-corrected chi connectivity index (χ1v) is 8.18. The average Bonchev–Trinajstić information content (AvgIpc) is 2.85. The number of morpholine rings is 1. The molecule has 1 saturated heterocycles. The number of fused-ring (bicyclic) bond motifs is 1. The van der Waals surface area contributed by atoms with Gasteiger partial charge in [0.2, 0.25) is 0 Å². The molecule has 1 saturated carbocycles.